The van der Waals surface area contributed by atoms with Crippen molar-refractivity contribution < 1.29 is 0 Å². The van der Waals surface area contributed by atoms with Crippen LogP contribution in [0.25, 0.3) is 22.3 Å². The van der Waals surface area contributed by atoms with Crippen LogP contribution < -0.4 is 26.2 Å². The van der Waals surface area contributed by atoms with Crippen molar-refractivity contribution in [2.45, 2.75) is 50.5 Å². The van der Waals surface area contributed by atoms with Crippen LogP contribution in [0, 0.1) is 0 Å². The van der Waals surface area contributed by atoms with E-state index in [4.69, 9.17) is 11.6 Å². The normalized spacial score (nSPS) is 21.4. The third kappa shape index (κ3) is 3.71. The van der Waals surface area contributed by atoms with Crippen LogP contribution in [0.2, 0.25) is 5.02 Å². The quantitative estimate of drug-likeness (QED) is 0.178. The summed E-state index contributed by atoms with van der Waals surface area (Å²) < 4.78 is 0. The molecular weight excluding hydrogens is 603 g/mol. The Morgan fingerprint density at radius 2 is 1.25 bits per heavy atom. The molecule has 1 aliphatic carbocycles. The molecule has 6 aromatic rings. The van der Waals surface area contributed by atoms with Crippen LogP contribution in [0.1, 0.15) is 45.1 Å². The number of hydrogen-bond acceptors (Lipinski definition) is 2. The van der Waals surface area contributed by atoms with Gasteiger partial charge in [-0.3, -0.25) is 0 Å². The lowest BCUT2D eigenvalue weighted by molar-refractivity contribution is 0.195. The molecule has 0 radical (unpaired) electrons. The van der Waals surface area contributed by atoms with E-state index < -0.39 is 0 Å². The lowest BCUT2D eigenvalue weighted by atomic mass is 9.33. The molecule has 0 N–H and O–H groups in total. The molecule has 2 unspecified atom stereocenters. The average molecular weight is 639 g/mol. The Hall–Kier alpha value is -4.73. The largest absolute Gasteiger partial charge is 0.335 e. The standard InChI is InChI=1S/C44H36BClN2/c1-43-23-9-10-24-44(43,2)48-40-28-33(46)27-39-41(40)45(37-20-12-19-35(43)42(37)48)36-22-21-32(30-15-7-4-8-16-30)26-38(36)47(39)34-18-11-17-31(25-34)29-13-5-3-6-14-29/h3-8,11-22,25-28H,9-10,23-24H2,1-2H3. The van der Waals surface area contributed by atoms with Crippen LogP contribution in [0.15, 0.2) is 133 Å². The molecule has 48 heavy (non-hydrogen) atoms. The third-order valence-corrected chi connectivity index (χ3v) is 12.5. The highest BCUT2D eigenvalue weighted by atomic mass is 35.5. The third-order valence-electron chi connectivity index (χ3n) is 12.2. The monoisotopic (exact) mass is 638 g/mol. The fourth-order valence-electron chi connectivity index (χ4n) is 9.79. The second-order valence-corrected chi connectivity index (χ2v) is 15.0. The van der Waals surface area contributed by atoms with Gasteiger partial charge >= 0.3 is 0 Å². The molecule has 4 heteroatoms. The van der Waals surface area contributed by atoms with E-state index in [0.717, 1.165) is 10.7 Å². The number of halogens is 1. The van der Waals surface area contributed by atoms with Gasteiger partial charge in [0.05, 0.1) is 5.54 Å². The summed E-state index contributed by atoms with van der Waals surface area (Å²) in [5, 5.41) is 0.781. The topological polar surface area (TPSA) is 6.48 Å². The number of para-hydroxylation sites is 1. The van der Waals surface area contributed by atoms with Crippen molar-refractivity contribution in [1.82, 2.24) is 0 Å². The molecule has 1 fully saturated rings. The molecule has 232 valence electrons. The smallest absolute Gasteiger partial charge is 0.252 e. The van der Waals surface area contributed by atoms with Crippen LogP contribution in [0.5, 0.6) is 0 Å². The molecule has 0 aromatic heterocycles. The van der Waals surface area contributed by atoms with Crippen molar-refractivity contribution in [2.75, 3.05) is 9.80 Å². The lowest BCUT2D eigenvalue weighted by Gasteiger charge is -2.52. The number of benzene rings is 6. The molecule has 4 aliphatic rings. The molecule has 3 aliphatic heterocycles. The van der Waals surface area contributed by atoms with E-state index in [0.29, 0.717) is 0 Å². The fraction of sp³-hybridized carbons (Fsp3) is 0.182. The first-order valence-corrected chi connectivity index (χ1v) is 17.8. The molecule has 2 nitrogen and oxygen atoms in total. The first kappa shape index (κ1) is 28.3. The molecule has 0 amide bonds. The van der Waals surface area contributed by atoms with Gasteiger partial charge in [0, 0.05) is 38.9 Å². The molecular formula is C44H36BClN2. The predicted molar refractivity (Wildman–Crippen MR) is 204 cm³/mol. The zero-order valence-corrected chi connectivity index (χ0v) is 28.1. The highest BCUT2D eigenvalue weighted by Crippen LogP contribution is 2.61. The van der Waals surface area contributed by atoms with E-state index in [9.17, 15) is 0 Å². The van der Waals surface area contributed by atoms with Crippen molar-refractivity contribution in [1.29, 1.82) is 0 Å². The molecule has 10 rings (SSSR count). The minimum atomic E-state index is -0.0252. The predicted octanol–water partition coefficient (Wildman–Crippen LogP) is 10.0. The SMILES string of the molecule is CC12CCCCC1(C)N1c3cc(Cl)cc4c3B(c3ccc(-c5ccccc5)cc3N4c3cccc(-c4ccccc4)c3)c3cccc2c31. The molecule has 2 atom stereocenters. The molecule has 3 heterocycles. The van der Waals surface area contributed by atoms with Gasteiger partial charge in [0.1, 0.15) is 0 Å². The van der Waals surface area contributed by atoms with Gasteiger partial charge < -0.3 is 9.80 Å². The van der Waals surface area contributed by atoms with Crippen LogP contribution in [0.3, 0.4) is 0 Å². The molecule has 1 saturated carbocycles. The summed E-state index contributed by atoms with van der Waals surface area (Å²) in [7, 11) is 0. The van der Waals surface area contributed by atoms with Crippen LogP contribution in [0.4, 0.5) is 28.4 Å². The van der Waals surface area contributed by atoms with Crippen molar-refractivity contribution in [2.24, 2.45) is 0 Å². The van der Waals surface area contributed by atoms with E-state index in [1.807, 2.05) is 0 Å². The van der Waals surface area contributed by atoms with Crippen LogP contribution in [-0.2, 0) is 5.41 Å². The van der Waals surface area contributed by atoms with E-state index in [1.165, 1.54) is 92.6 Å². The summed E-state index contributed by atoms with van der Waals surface area (Å²) in [5.41, 5.74) is 16.8. The Bertz CT molecular complexity index is 2270. The van der Waals surface area contributed by atoms with Gasteiger partial charge in [-0.25, -0.2) is 0 Å². The van der Waals surface area contributed by atoms with Gasteiger partial charge in [0.2, 0.25) is 0 Å². The summed E-state index contributed by atoms with van der Waals surface area (Å²) >= 11 is 7.23. The molecule has 0 bridgehead atoms. The first-order valence-electron chi connectivity index (χ1n) is 17.4. The van der Waals surface area contributed by atoms with Gasteiger partial charge in [-0.2, -0.15) is 0 Å². The van der Waals surface area contributed by atoms with Gasteiger partial charge in [0.15, 0.2) is 0 Å². The maximum absolute atomic E-state index is 7.23. The first-order chi connectivity index (χ1) is 23.5. The number of anilines is 5. The molecule has 0 spiro atoms. The van der Waals surface area contributed by atoms with Crippen LogP contribution in [-0.4, -0.2) is 12.3 Å². The Balaban J connectivity index is 1.28. The highest BCUT2D eigenvalue weighted by molar-refractivity contribution is 7.00. The number of fused-ring (bicyclic) bond motifs is 7. The second-order valence-electron chi connectivity index (χ2n) is 14.6. The van der Waals surface area contributed by atoms with E-state index in [-0.39, 0.29) is 17.7 Å². The minimum Gasteiger partial charge on any atom is -0.335 e. The van der Waals surface area contributed by atoms with Crippen molar-refractivity contribution in [3.8, 4) is 22.3 Å². The Kier molecular flexibility index (Phi) is 5.98. The van der Waals surface area contributed by atoms with Gasteiger partial charge in [-0.05, 0) is 94.3 Å². The minimum absolute atomic E-state index is 0.0252. The number of nitrogens with zero attached hydrogens (tertiary/aromatic N) is 2. The summed E-state index contributed by atoms with van der Waals surface area (Å²) in [6.07, 6.45) is 4.90. The summed E-state index contributed by atoms with van der Waals surface area (Å²) in [6.45, 7) is 5.16. The van der Waals surface area contributed by atoms with Crippen molar-refractivity contribution in [3.05, 3.63) is 144 Å². The van der Waals surface area contributed by atoms with Crippen molar-refractivity contribution >= 4 is 63.1 Å². The zero-order chi connectivity index (χ0) is 32.2. The average Bonchev–Trinajstić information content (AvgIpc) is 3.34. The summed E-state index contributed by atoms with van der Waals surface area (Å²) in [6, 6.07) is 49.2. The summed E-state index contributed by atoms with van der Waals surface area (Å²) in [4.78, 5) is 5.22. The van der Waals surface area contributed by atoms with Crippen LogP contribution >= 0.6 is 11.6 Å². The van der Waals surface area contributed by atoms with Gasteiger partial charge in [0.25, 0.3) is 6.71 Å². The van der Waals surface area contributed by atoms with E-state index >= 15 is 0 Å². The molecule has 6 aromatic carbocycles. The zero-order valence-electron chi connectivity index (χ0n) is 27.4. The summed E-state index contributed by atoms with van der Waals surface area (Å²) in [5.74, 6) is 0. The Labute approximate surface area is 288 Å². The van der Waals surface area contributed by atoms with Crippen molar-refractivity contribution in [3.63, 3.8) is 0 Å². The number of rotatable bonds is 3. The lowest BCUT2D eigenvalue weighted by Crippen LogP contribution is -2.64. The second kappa shape index (κ2) is 10.1. The fourth-order valence-corrected chi connectivity index (χ4v) is 9.99. The Morgan fingerprint density at radius 1 is 0.583 bits per heavy atom. The van der Waals surface area contributed by atoms with E-state index in [2.05, 4.69) is 157 Å². The van der Waals surface area contributed by atoms with E-state index in [1.54, 1.807) is 0 Å². The number of hydrogen-bond donors (Lipinski definition) is 0. The Morgan fingerprint density at radius 3 is 2.02 bits per heavy atom. The van der Waals surface area contributed by atoms with Gasteiger partial charge in [-0.15, -0.1) is 0 Å². The molecule has 0 saturated heterocycles. The maximum atomic E-state index is 7.23. The highest BCUT2D eigenvalue weighted by Gasteiger charge is 2.61. The maximum Gasteiger partial charge on any atom is 0.252 e. The van der Waals surface area contributed by atoms with Gasteiger partial charge in [-0.1, -0.05) is 134 Å².